The number of benzene rings is 1. The van der Waals surface area contributed by atoms with E-state index in [9.17, 15) is 9.50 Å². The zero-order valence-electron chi connectivity index (χ0n) is 7.91. The summed E-state index contributed by atoms with van der Waals surface area (Å²) in [4.78, 5) is 0. The van der Waals surface area contributed by atoms with Crippen LogP contribution in [0.25, 0.3) is 0 Å². The fourth-order valence-electron chi connectivity index (χ4n) is 1.10. The third-order valence-corrected chi connectivity index (χ3v) is 1.89. The molecule has 0 bridgehead atoms. The molecule has 0 saturated heterocycles. The van der Waals surface area contributed by atoms with Crippen LogP contribution in [-0.2, 0) is 0 Å². The molecule has 0 aromatic heterocycles. The van der Waals surface area contributed by atoms with Crippen LogP contribution in [0, 0.1) is 5.82 Å². The molecule has 4 N–H and O–H groups in total. The van der Waals surface area contributed by atoms with Crippen molar-refractivity contribution >= 4 is 5.69 Å². The van der Waals surface area contributed by atoms with E-state index >= 15 is 0 Å². The average molecular weight is 198 g/mol. The van der Waals surface area contributed by atoms with Crippen molar-refractivity contribution < 1.29 is 9.50 Å². The molecule has 0 aliphatic rings. The number of aliphatic hydroxyl groups excluding tert-OH is 1. The molecule has 0 aliphatic carbocycles. The normalized spacial score (nSPS) is 12.5. The van der Waals surface area contributed by atoms with Crippen LogP contribution in [0.3, 0.4) is 0 Å². The number of hydrogen-bond acceptors (Lipinski definition) is 3. The van der Waals surface area contributed by atoms with E-state index in [1.54, 1.807) is 12.1 Å². The molecule has 14 heavy (non-hydrogen) atoms. The average Bonchev–Trinajstić information content (AvgIpc) is 2.17. The first-order valence-electron chi connectivity index (χ1n) is 4.60. The highest BCUT2D eigenvalue weighted by atomic mass is 19.1. The zero-order chi connectivity index (χ0) is 10.4. The molecular formula is C10H15FN2O. The van der Waals surface area contributed by atoms with Crippen molar-refractivity contribution in [3.63, 3.8) is 0 Å². The molecule has 1 unspecified atom stereocenters. The molecule has 0 amide bonds. The van der Waals surface area contributed by atoms with Crippen LogP contribution in [0.4, 0.5) is 10.1 Å². The minimum absolute atomic E-state index is 0.266. The molecule has 0 radical (unpaired) electrons. The van der Waals surface area contributed by atoms with Crippen molar-refractivity contribution in [2.45, 2.75) is 12.5 Å². The second kappa shape index (κ2) is 5.57. The van der Waals surface area contributed by atoms with Gasteiger partial charge in [-0.15, -0.1) is 0 Å². The molecule has 0 fully saturated rings. The number of halogens is 1. The lowest BCUT2D eigenvalue weighted by atomic mass is 10.2. The predicted octanol–water partition coefficient (Wildman–Crippen LogP) is 0.947. The Balaban J connectivity index is 2.34. The second-order valence-corrected chi connectivity index (χ2v) is 3.12. The molecule has 78 valence electrons. The van der Waals surface area contributed by atoms with Crippen LogP contribution in [0.15, 0.2) is 24.3 Å². The summed E-state index contributed by atoms with van der Waals surface area (Å²) in [7, 11) is 0. The molecule has 4 heteroatoms. The lowest BCUT2D eigenvalue weighted by Crippen LogP contribution is -2.22. The van der Waals surface area contributed by atoms with E-state index in [0.29, 0.717) is 19.5 Å². The first kappa shape index (κ1) is 10.9. The lowest BCUT2D eigenvalue weighted by Gasteiger charge is -2.11. The molecule has 0 heterocycles. The maximum Gasteiger partial charge on any atom is 0.123 e. The summed E-state index contributed by atoms with van der Waals surface area (Å²) >= 11 is 0. The van der Waals surface area contributed by atoms with E-state index < -0.39 is 6.10 Å². The quantitative estimate of drug-likeness (QED) is 0.660. The van der Waals surface area contributed by atoms with Crippen LogP contribution in [0.1, 0.15) is 6.42 Å². The van der Waals surface area contributed by atoms with E-state index in [4.69, 9.17) is 5.73 Å². The Bertz CT molecular complexity index is 263. The Morgan fingerprint density at radius 3 is 2.57 bits per heavy atom. The molecular weight excluding hydrogens is 183 g/mol. The van der Waals surface area contributed by atoms with Crippen molar-refractivity contribution in [1.29, 1.82) is 0 Å². The van der Waals surface area contributed by atoms with Gasteiger partial charge in [0.05, 0.1) is 6.10 Å². The Labute approximate surface area is 82.7 Å². The van der Waals surface area contributed by atoms with Crippen molar-refractivity contribution in [2.24, 2.45) is 5.73 Å². The van der Waals surface area contributed by atoms with Crippen LogP contribution in [-0.4, -0.2) is 24.3 Å². The fourth-order valence-corrected chi connectivity index (χ4v) is 1.10. The Kier molecular flexibility index (Phi) is 4.35. The lowest BCUT2D eigenvalue weighted by molar-refractivity contribution is 0.180. The summed E-state index contributed by atoms with van der Waals surface area (Å²) in [5, 5.41) is 12.3. The Hall–Kier alpha value is -1.13. The van der Waals surface area contributed by atoms with Gasteiger partial charge in [-0.05, 0) is 37.2 Å². The van der Waals surface area contributed by atoms with Crippen LogP contribution >= 0.6 is 0 Å². The minimum Gasteiger partial charge on any atom is -0.391 e. The highest BCUT2D eigenvalue weighted by molar-refractivity contribution is 5.42. The van der Waals surface area contributed by atoms with Gasteiger partial charge in [0.1, 0.15) is 5.82 Å². The number of nitrogens with two attached hydrogens (primary N) is 1. The number of rotatable bonds is 5. The summed E-state index contributed by atoms with van der Waals surface area (Å²) in [6.07, 6.45) is 0.110. The zero-order valence-corrected chi connectivity index (χ0v) is 7.91. The topological polar surface area (TPSA) is 58.3 Å². The van der Waals surface area contributed by atoms with E-state index in [1.807, 2.05) is 0 Å². The molecule has 0 spiro atoms. The second-order valence-electron chi connectivity index (χ2n) is 3.12. The number of hydrogen-bond donors (Lipinski definition) is 3. The van der Waals surface area contributed by atoms with Gasteiger partial charge in [-0.2, -0.15) is 0 Å². The number of aliphatic hydroxyl groups is 1. The maximum atomic E-state index is 12.5. The minimum atomic E-state index is -0.454. The van der Waals surface area contributed by atoms with Gasteiger partial charge in [-0.25, -0.2) is 4.39 Å². The molecule has 1 rings (SSSR count). The van der Waals surface area contributed by atoms with Gasteiger partial charge in [0.25, 0.3) is 0 Å². The Morgan fingerprint density at radius 1 is 1.36 bits per heavy atom. The van der Waals surface area contributed by atoms with Gasteiger partial charge in [0, 0.05) is 12.2 Å². The van der Waals surface area contributed by atoms with Crippen molar-refractivity contribution in [3.8, 4) is 0 Å². The van der Waals surface area contributed by atoms with Crippen LogP contribution < -0.4 is 11.1 Å². The molecule has 3 nitrogen and oxygen atoms in total. The van der Waals surface area contributed by atoms with Gasteiger partial charge in [-0.3, -0.25) is 0 Å². The smallest absolute Gasteiger partial charge is 0.123 e. The van der Waals surface area contributed by atoms with Gasteiger partial charge in [-0.1, -0.05) is 0 Å². The van der Waals surface area contributed by atoms with Gasteiger partial charge < -0.3 is 16.2 Å². The third-order valence-electron chi connectivity index (χ3n) is 1.89. The monoisotopic (exact) mass is 198 g/mol. The summed E-state index contributed by atoms with van der Waals surface area (Å²) < 4.78 is 12.5. The van der Waals surface area contributed by atoms with E-state index in [1.165, 1.54) is 12.1 Å². The summed E-state index contributed by atoms with van der Waals surface area (Å²) in [6.45, 7) is 0.898. The van der Waals surface area contributed by atoms with Crippen LogP contribution in [0.5, 0.6) is 0 Å². The molecule has 1 aromatic rings. The first-order chi connectivity index (χ1) is 6.72. The number of nitrogens with one attached hydrogen (secondary N) is 1. The first-order valence-corrected chi connectivity index (χ1v) is 4.60. The van der Waals surface area contributed by atoms with Gasteiger partial charge >= 0.3 is 0 Å². The summed E-state index contributed by atoms with van der Waals surface area (Å²) in [6, 6.07) is 6.00. The van der Waals surface area contributed by atoms with E-state index in [0.717, 1.165) is 5.69 Å². The largest absolute Gasteiger partial charge is 0.391 e. The van der Waals surface area contributed by atoms with Crippen molar-refractivity contribution in [2.75, 3.05) is 18.4 Å². The molecule has 0 saturated carbocycles. The standard InChI is InChI=1S/C10H15FN2O/c11-8-1-3-9(4-2-8)13-7-10(14)5-6-12/h1-4,10,13-14H,5-7,12H2. The maximum absolute atomic E-state index is 12.5. The van der Waals surface area contributed by atoms with Crippen LogP contribution in [0.2, 0.25) is 0 Å². The van der Waals surface area contributed by atoms with Gasteiger partial charge in [0.2, 0.25) is 0 Å². The molecule has 0 aliphatic heterocycles. The van der Waals surface area contributed by atoms with E-state index in [-0.39, 0.29) is 5.82 Å². The molecule has 1 aromatic carbocycles. The van der Waals surface area contributed by atoms with Gasteiger partial charge in [0.15, 0.2) is 0 Å². The highest BCUT2D eigenvalue weighted by Crippen LogP contribution is 2.08. The highest BCUT2D eigenvalue weighted by Gasteiger charge is 2.01. The molecule has 1 atom stereocenters. The SMILES string of the molecule is NCCC(O)CNc1ccc(F)cc1. The predicted molar refractivity (Wildman–Crippen MR) is 54.6 cm³/mol. The van der Waals surface area contributed by atoms with Crippen molar-refractivity contribution in [1.82, 2.24) is 0 Å². The van der Waals surface area contributed by atoms with Crippen molar-refractivity contribution in [3.05, 3.63) is 30.1 Å². The Morgan fingerprint density at radius 2 is 2.00 bits per heavy atom. The van der Waals surface area contributed by atoms with E-state index in [2.05, 4.69) is 5.32 Å². The summed E-state index contributed by atoms with van der Waals surface area (Å²) in [5.74, 6) is -0.266. The fraction of sp³-hybridized carbons (Fsp3) is 0.400. The number of anilines is 1. The third kappa shape index (κ3) is 3.72. The summed E-state index contributed by atoms with van der Waals surface area (Å²) in [5.41, 5.74) is 6.07.